The van der Waals surface area contributed by atoms with Gasteiger partial charge in [0.15, 0.2) is 6.10 Å². The third kappa shape index (κ3) is 50.0. The molecule has 0 aliphatic rings. The van der Waals surface area contributed by atoms with Crippen molar-refractivity contribution in [3.63, 3.8) is 0 Å². The second-order valence-electron chi connectivity index (χ2n) is 17.6. The predicted octanol–water partition coefficient (Wildman–Crippen LogP) is 17.6. The fourth-order valence-electron chi connectivity index (χ4n) is 7.52. The maximum Gasteiger partial charge on any atom is 0.306 e. The highest BCUT2D eigenvalue weighted by Crippen LogP contribution is 2.15. The number of aliphatic hydroxyl groups is 1. The highest BCUT2D eigenvalue weighted by Gasteiger charge is 2.16. The third-order valence-electron chi connectivity index (χ3n) is 11.5. The van der Waals surface area contributed by atoms with E-state index in [1.165, 1.54) is 161 Å². The van der Waals surface area contributed by atoms with E-state index in [1.54, 1.807) is 0 Å². The van der Waals surface area contributed by atoms with Crippen LogP contribution < -0.4 is 0 Å². The molecule has 1 N–H and O–H groups in total. The Morgan fingerprint density at radius 3 is 1.06 bits per heavy atom. The van der Waals surface area contributed by atoms with E-state index in [1.807, 2.05) is 0 Å². The lowest BCUT2D eigenvalue weighted by Crippen LogP contribution is -2.28. The van der Waals surface area contributed by atoms with Gasteiger partial charge in [0.1, 0.15) is 6.61 Å². The quantitative estimate of drug-likeness (QED) is 0.0375. The molecular formula is C57H100O5. The molecule has 0 saturated heterocycles. The van der Waals surface area contributed by atoms with Crippen molar-refractivity contribution in [2.24, 2.45) is 0 Å². The molecule has 1 atom stereocenters. The Bertz CT molecular complexity index is 1110. The topological polar surface area (TPSA) is 72.8 Å². The number of hydrogen-bond donors (Lipinski definition) is 1. The molecule has 5 heteroatoms. The molecule has 0 heterocycles. The van der Waals surface area contributed by atoms with E-state index in [4.69, 9.17) is 9.47 Å². The molecule has 0 radical (unpaired) electrons. The van der Waals surface area contributed by atoms with Crippen LogP contribution >= 0.6 is 0 Å². The molecular weight excluding hydrogens is 765 g/mol. The lowest BCUT2D eigenvalue weighted by atomic mass is 10.0. The van der Waals surface area contributed by atoms with Crippen LogP contribution in [0.2, 0.25) is 0 Å². The number of esters is 2. The predicted molar refractivity (Wildman–Crippen MR) is 270 cm³/mol. The van der Waals surface area contributed by atoms with Crippen LogP contribution in [0.4, 0.5) is 0 Å². The van der Waals surface area contributed by atoms with Gasteiger partial charge < -0.3 is 14.6 Å². The smallest absolute Gasteiger partial charge is 0.306 e. The van der Waals surface area contributed by atoms with Gasteiger partial charge in [-0.25, -0.2) is 0 Å². The van der Waals surface area contributed by atoms with Crippen molar-refractivity contribution >= 4 is 11.9 Å². The summed E-state index contributed by atoms with van der Waals surface area (Å²) in [7, 11) is 0. The van der Waals surface area contributed by atoms with Crippen molar-refractivity contribution in [3.8, 4) is 0 Å². The standard InChI is InChI=1S/C57H100O5/c1-3-5-7-9-11-13-15-17-19-21-23-24-25-26-27-28-29-30-31-32-34-36-38-40-42-44-46-48-50-52-57(60)62-55(53-58)54-61-56(59)51-49-47-45-43-41-39-37-35-33-22-20-18-16-14-12-10-8-6-4-2/h5,7,11,13,17-20,23-24,26-27,55,58H,3-4,6,8-10,12,14-16,21-22,25,28-54H2,1-2H3/b7-5-,13-11-,19-17-,20-18-,24-23-,27-26-. The molecule has 0 aliphatic carbocycles. The summed E-state index contributed by atoms with van der Waals surface area (Å²) in [6.07, 6.45) is 71.4. The summed E-state index contributed by atoms with van der Waals surface area (Å²) < 4.78 is 10.7. The van der Waals surface area contributed by atoms with Gasteiger partial charge in [-0.2, -0.15) is 0 Å². The normalized spacial score (nSPS) is 12.8. The number of aliphatic hydroxyl groups excluding tert-OH is 1. The van der Waals surface area contributed by atoms with E-state index < -0.39 is 6.10 Å². The molecule has 0 amide bonds. The van der Waals surface area contributed by atoms with Crippen molar-refractivity contribution in [1.29, 1.82) is 0 Å². The molecule has 0 aliphatic heterocycles. The Morgan fingerprint density at radius 1 is 0.387 bits per heavy atom. The lowest BCUT2D eigenvalue weighted by Gasteiger charge is -2.15. The Kier molecular flexibility index (Phi) is 50.4. The lowest BCUT2D eigenvalue weighted by molar-refractivity contribution is -0.161. The van der Waals surface area contributed by atoms with Crippen LogP contribution in [0, 0.1) is 0 Å². The molecule has 62 heavy (non-hydrogen) atoms. The van der Waals surface area contributed by atoms with Gasteiger partial charge in [0.2, 0.25) is 0 Å². The first-order valence-corrected chi connectivity index (χ1v) is 26.5. The maximum atomic E-state index is 12.3. The Morgan fingerprint density at radius 2 is 0.694 bits per heavy atom. The van der Waals surface area contributed by atoms with Gasteiger partial charge in [0.25, 0.3) is 0 Å². The molecule has 0 bridgehead atoms. The van der Waals surface area contributed by atoms with E-state index in [0.717, 1.165) is 70.6 Å². The van der Waals surface area contributed by atoms with E-state index in [9.17, 15) is 14.7 Å². The van der Waals surface area contributed by atoms with Gasteiger partial charge in [-0.15, -0.1) is 0 Å². The SMILES string of the molecule is CC/C=C\C/C=C\C/C=C\C/C=C\C/C=C\CCCCCCCCCCCCCCCC(=O)OC(CO)COC(=O)CCCCCCCCCCC/C=C\CCCCCCCC. The monoisotopic (exact) mass is 865 g/mol. The number of carbonyl (C=O) groups is 2. The minimum Gasteiger partial charge on any atom is -0.462 e. The summed E-state index contributed by atoms with van der Waals surface area (Å²) in [4.78, 5) is 24.5. The molecule has 358 valence electrons. The largest absolute Gasteiger partial charge is 0.462 e. The molecule has 0 rings (SSSR count). The molecule has 0 saturated carbocycles. The van der Waals surface area contributed by atoms with Crippen LogP contribution in [0.5, 0.6) is 0 Å². The van der Waals surface area contributed by atoms with Crippen LogP contribution in [0.1, 0.15) is 258 Å². The van der Waals surface area contributed by atoms with Crippen LogP contribution in [0.3, 0.4) is 0 Å². The van der Waals surface area contributed by atoms with Gasteiger partial charge in [-0.3, -0.25) is 9.59 Å². The summed E-state index contributed by atoms with van der Waals surface area (Å²) in [5, 5.41) is 9.64. The minimum atomic E-state index is -0.776. The third-order valence-corrected chi connectivity index (χ3v) is 11.5. The van der Waals surface area contributed by atoms with Gasteiger partial charge in [-0.05, 0) is 83.5 Å². The average molecular weight is 865 g/mol. The van der Waals surface area contributed by atoms with Crippen LogP contribution in [0.15, 0.2) is 72.9 Å². The van der Waals surface area contributed by atoms with E-state index in [-0.39, 0.29) is 25.2 Å². The number of hydrogen-bond acceptors (Lipinski definition) is 5. The highest BCUT2D eigenvalue weighted by atomic mass is 16.6. The van der Waals surface area contributed by atoms with Crippen molar-refractivity contribution in [1.82, 2.24) is 0 Å². The molecule has 0 spiro atoms. The molecule has 0 fully saturated rings. The molecule has 0 aromatic carbocycles. The molecule has 1 unspecified atom stereocenters. The number of allylic oxidation sites excluding steroid dienone is 12. The van der Waals surface area contributed by atoms with E-state index >= 15 is 0 Å². The maximum absolute atomic E-state index is 12.3. The first kappa shape index (κ1) is 59.3. The van der Waals surface area contributed by atoms with Crippen molar-refractivity contribution in [2.45, 2.75) is 264 Å². The Balaban J connectivity index is 3.50. The van der Waals surface area contributed by atoms with Crippen molar-refractivity contribution < 1.29 is 24.2 Å². The molecule has 0 aromatic heterocycles. The number of carbonyl (C=O) groups excluding carboxylic acids is 2. The highest BCUT2D eigenvalue weighted by molar-refractivity contribution is 5.70. The minimum absolute atomic E-state index is 0.0677. The number of ether oxygens (including phenoxy) is 2. The second kappa shape index (κ2) is 52.7. The fraction of sp³-hybridized carbons (Fsp3) is 0.754. The van der Waals surface area contributed by atoms with Crippen molar-refractivity contribution in [2.75, 3.05) is 13.2 Å². The second-order valence-corrected chi connectivity index (χ2v) is 17.6. The van der Waals surface area contributed by atoms with Crippen LogP contribution in [-0.2, 0) is 19.1 Å². The molecule has 0 aromatic rings. The summed E-state index contributed by atoms with van der Waals surface area (Å²) >= 11 is 0. The van der Waals surface area contributed by atoms with Crippen LogP contribution in [-0.4, -0.2) is 36.4 Å². The van der Waals surface area contributed by atoms with E-state index in [0.29, 0.717) is 12.8 Å². The Labute approximate surface area is 384 Å². The summed E-state index contributed by atoms with van der Waals surface area (Å²) in [5.41, 5.74) is 0. The zero-order valence-electron chi connectivity index (χ0n) is 40.9. The van der Waals surface area contributed by atoms with Gasteiger partial charge in [0.05, 0.1) is 6.61 Å². The summed E-state index contributed by atoms with van der Waals surface area (Å²) in [6.45, 7) is 4.04. The zero-order chi connectivity index (χ0) is 44.9. The van der Waals surface area contributed by atoms with Gasteiger partial charge in [-0.1, -0.05) is 234 Å². The Hall–Kier alpha value is -2.66. The fourth-order valence-corrected chi connectivity index (χ4v) is 7.52. The first-order chi connectivity index (χ1) is 30.6. The molecule has 5 nitrogen and oxygen atoms in total. The number of rotatable bonds is 48. The van der Waals surface area contributed by atoms with Gasteiger partial charge in [0, 0.05) is 12.8 Å². The summed E-state index contributed by atoms with van der Waals surface area (Å²) in [5.74, 6) is -0.589. The zero-order valence-corrected chi connectivity index (χ0v) is 40.9. The number of unbranched alkanes of at least 4 members (excludes halogenated alkanes) is 28. The summed E-state index contributed by atoms with van der Waals surface area (Å²) in [6, 6.07) is 0. The average Bonchev–Trinajstić information content (AvgIpc) is 3.28. The van der Waals surface area contributed by atoms with Crippen molar-refractivity contribution in [3.05, 3.63) is 72.9 Å². The van der Waals surface area contributed by atoms with E-state index in [2.05, 4.69) is 86.8 Å². The van der Waals surface area contributed by atoms with Crippen LogP contribution in [0.25, 0.3) is 0 Å². The first-order valence-electron chi connectivity index (χ1n) is 26.5. The van der Waals surface area contributed by atoms with Gasteiger partial charge >= 0.3 is 11.9 Å².